The summed E-state index contributed by atoms with van der Waals surface area (Å²) in [6, 6.07) is 33.1. The SMILES string of the molecule is O=C(OCC1(COC(=O)c2ccccc2)CCC(COC(=O)c2ccccc2)(COC(=O)c2ccccc2)C1=O)c1ccccc1. The lowest BCUT2D eigenvalue weighted by Gasteiger charge is -2.31. The van der Waals surface area contributed by atoms with Crippen molar-refractivity contribution < 1.29 is 42.9 Å². The van der Waals surface area contributed by atoms with Crippen LogP contribution in [0.25, 0.3) is 0 Å². The molecule has 0 unspecified atom stereocenters. The van der Waals surface area contributed by atoms with E-state index in [9.17, 15) is 24.0 Å². The van der Waals surface area contributed by atoms with Crippen molar-refractivity contribution in [1.29, 1.82) is 0 Å². The smallest absolute Gasteiger partial charge is 0.338 e. The van der Waals surface area contributed by atoms with Crippen molar-refractivity contribution in [3.8, 4) is 0 Å². The lowest BCUT2D eigenvalue weighted by atomic mass is 9.79. The van der Waals surface area contributed by atoms with E-state index in [2.05, 4.69) is 0 Å². The maximum atomic E-state index is 14.6. The Morgan fingerprint density at radius 1 is 0.413 bits per heavy atom. The molecule has 234 valence electrons. The third-order valence-corrected chi connectivity index (χ3v) is 8.00. The van der Waals surface area contributed by atoms with E-state index >= 15 is 0 Å². The summed E-state index contributed by atoms with van der Waals surface area (Å²) in [5.41, 5.74) is -1.89. The summed E-state index contributed by atoms with van der Waals surface area (Å²) in [7, 11) is 0. The summed E-state index contributed by atoms with van der Waals surface area (Å²) in [4.78, 5) is 66.3. The van der Waals surface area contributed by atoms with Gasteiger partial charge in [-0.25, -0.2) is 19.2 Å². The van der Waals surface area contributed by atoms with Crippen LogP contribution >= 0.6 is 0 Å². The van der Waals surface area contributed by atoms with Crippen LogP contribution in [0.4, 0.5) is 0 Å². The van der Waals surface area contributed by atoms with E-state index in [1.165, 1.54) is 0 Å². The molecule has 0 atom stereocenters. The van der Waals surface area contributed by atoms with Gasteiger partial charge in [-0.15, -0.1) is 0 Å². The number of esters is 4. The van der Waals surface area contributed by atoms with Crippen LogP contribution in [-0.4, -0.2) is 56.1 Å². The summed E-state index contributed by atoms with van der Waals surface area (Å²) in [6.45, 7) is -1.66. The lowest BCUT2D eigenvalue weighted by molar-refractivity contribution is -0.142. The summed E-state index contributed by atoms with van der Waals surface area (Å²) in [5, 5.41) is 0. The van der Waals surface area contributed by atoms with Crippen LogP contribution in [0.5, 0.6) is 0 Å². The first-order valence-electron chi connectivity index (χ1n) is 14.8. The van der Waals surface area contributed by atoms with E-state index in [-0.39, 0.29) is 35.1 Å². The second-order valence-electron chi connectivity index (χ2n) is 11.2. The van der Waals surface area contributed by atoms with Crippen LogP contribution in [0.3, 0.4) is 0 Å². The number of Topliss-reactive ketones (excluding diaryl/α,β-unsaturated/α-hetero) is 1. The fourth-order valence-corrected chi connectivity index (χ4v) is 5.35. The van der Waals surface area contributed by atoms with E-state index in [1.807, 2.05) is 0 Å². The summed E-state index contributed by atoms with van der Waals surface area (Å²) < 4.78 is 22.6. The molecule has 0 bridgehead atoms. The molecule has 5 rings (SSSR count). The normalized spacial score (nSPS) is 14.6. The zero-order chi connectivity index (χ0) is 32.4. The van der Waals surface area contributed by atoms with Gasteiger partial charge in [0.15, 0.2) is 5.78 Å². The highest BCUT2D eigenvalue weighted by Crippen LogP contribution is 2.48. The molecule has 4 aromatic rings. The number of carbonyl (C=O) groups excluding carboxylic acids is 5. The molecule has 9 nitrogen and oxygen atoms in total. The zero-order valence-electron chi connectivity index (χ0n) is 25.0. The van der Waals surface area contributed by atoms with Crippen LogP contribution in [-0.2, 0) is 23.7 Å². The first-order valence-corrected chi connectivity index (χ1v) is 14.8. The van der Waals surface area contributed by atoms with Gasteiger partial charge in [0.05, 0.1) is 33.1 Å². The summed E-state index contributed by atoms with van der Waals surface area (Å²) >= 11 is 0. The summed E-state index contributed by atoms with van der Waals surface area (Å²) in [5.74, 6) is -3.16. The molecule has 0 heterocycles. The largest absolute Gasteiger partial charge is 0.461 e. The van der Waals surface area contributed by atoms with Crippen molar-refractivity contribution in [2.45, 2.75) is 12.8 Å². The Bertz CT molecular complexity index is 1430. The van der Waals surface area contributed by atoms with Gasteiger partial charge in [-0.3, -0.25) is 4.79 Å². The second-order valence-corrected chi connectivity index (χ2v) is 11.2. The van der Waals surface area contributed by atoms with Gasteiger partial charge >= 0.3 is 23.9 Å². The molecule has 1 fully saturated rings. The molecule has 0 aliphatic heterocycles. The number of ketones is 1. The Labute approximate surface area is 266 Å². The summed E-state index contributed by atoms with van der Waals surface area (Å²) in [6.07, 6.45) is 0.198. The lowest BCUT2D eigenvalue weighted by Crippen LogP contribution is -2.47. The van der Waals surface area contributed by atoms with E-state index in [0.717, 1.165) is 0 Å². The number of ether oxygens (including phenoxy) is 4. The molecule has 4 aromatic carbocycles. The molecule has 1 aliphatic rings. The van der Waals surface area contributed by atoms with Crippen molar-refractivity contribution in [2.24, 2.45) is 10.8 Å². The maximum absolute atomic E-state index is 14.6. The molecule has 0 amide bonds. The fourth-order valence-electron chi connectivity index (χ4n) is 5.35. The van der Waals surface area contributed by atoms with Gasteiger partial charge in [0, 0.05) is 0 Å². The molecule has 1 aliphatic carbocycles. The first kappa shape index (κ1) is 31.8. The van der Waals surface area contributed by atoms with E-state index < -0.39 is 66.9 Å². The molecular formula is C37H32O9. The van der Waals surface area contributed by atoms with Crippen molar-refractivity contribution in [3.63, 3.8) is 0 Å². The predicted molar refractivity (Wildman–Crippen MR) is 166 cm³/mol. The second kappa shape index (κ2) is 14.5. The van der Waals surface area contributed by atoms with Crippen molar-refractivity contribution >= 4 is 29.7 Å². The third-order valence-electron chi connectivity index (χ3n) is 8.00. The standard InChI is InChI=1S/C37H32O9/c38-31(27-13-5-1-6-14-27)43-23-36(24-44-32(39)28-15-7-2-8-16-28)21-22-37(35(36)42,25-45-33(40)29-17-9-3-10-18-29)26-46-34(41)30-19-11-4-12-20-30/h1-20H,21-26H2. The average molecular weight is 621 g/mol. The molecule has 0 N–H and O–H groups in total. The van der Waals surface area contributed by atoms with E-state index in [1.54, 1.807) is 121 Å². The van der Waals surface area contributed by atoms with Gasteiger partial charge in [0.1, 0.15) is 26.4 Å². The fraction of sp³-hybridized carbons (Fsp3) is 0.216. The molecule has 46 heavy (non-hydrogen) atoms. The Balaban J connectivity index is 1.42. The monoisotopic (exact) mass is 620 g/mol. The Morgan fingerprint density at radius 2 is 0.630 bits per heavy atom. The minimum atomic E-state index is -1.51. The van der Waals surface area contributed by atoms with Crippen LogP contribution in [0.15, 0.2) is 121 Å². The Hall–Kier alpha value is -5.57. The van der Waals surface area contributed by atoms with E-state index in [4.69, 9.17) is 18.9 Å². The molecule has 1 saturated carbocycles. The van der Waals surface area contributed by atoms with Crippen LogP contribution < -0.4 is 0 Å². The number of benzene rings is 4. The number of rotatable bonds is 12. The molecule has 0 radical (unpaired) electrons. The highest BCUT2D eigenvalue weighted by molar-refractivity contribution is 5.96. The minimum absolute atomic E-state index is 0.0990. The molecular weight excluding hydrogens is 588 g/mol. The zero-order valence-corrected chi connectivity index (χ0v) is 25.0. The molecule has 9 heteroatoms. The molecule has 0 aromatic heterocycles. The van der Waals surface area contributed by atoms with Crippen LogP contribution in [0.1, 0.15) is 54.3 Å². The van der Waals surface area contributed by atoms with E-state index in [0.29, 0.717) is 0 Å². The number of carbonyl (C=O) groups is 5. The van der Waals surface area contributed by atoms with Crippen LogP contribution in [0, 0.1) is 10.8 Å². The highest BCUT2D eigenvalue weighted by atomic mass is 16.6. The maximum Gasteiger partial charge on any atom is 0.338 e. The predicted octanol–water partition coefficient (Wildman–Crippen LogP) is 5.75. The highest BCUT2D eigenvalue weighted by Gasteiger charge is 2.59. The van der Waals surface area contributed by atoms with Gasteiger partial charge in [-0.05, 0) is 61.4 Å². The molecule has 0 spiro atoms. The van der Waals surface area contributed by atoms with Gasteiger partial charge in [-0.1, -0.05) is 72.8 Å². The Morgan fingerprint density at radius 3 is 0.848 bits per heavy atom. The van der Waals surface area contributed by atoms with Crippen molar-refractivity contribution in [1.82, 2.24) is 0 Å². The van der Waals surface area contributed by atoms with Crippen molar-refractivity contribution in [3.05, 3.63) is 144 Å². The van der Waals surface area contributed by atoms with Gasteiger partial charge in [0.2, 0.25) is 0 Å². The number of hydrogen-bond acceptors (Lipinski definition) is 9. The minimum Gasteiger partial charge on any atom is -0.461 e. The van der Waals surface area contributed by atoms with Crippen molar-refractivity contribution in [2.75, 3.05) is 26.4 Å². The quantitative estimate of drug-likeness (QED) is 0.144. The number of hydrogen-bond donors (Lipinski definition) is 0. The average Bonchev–Trinajstić information content (AvgIpc) is 3.39. The third kappa shape index (κ3) is 7.38. The van der Waals surface area contributed by atoms with Gasteiger partial charge < -0.3 is 18.9 Å². The Kier molecular flexibility index (Phi) is 10.0. The topological polar surface area (TPSA) is 122 Å². The van der Waals surface area contributed by atoms with Gasteiger partial charge in [0.25, 0.3) is 0 Å². The first-order chi connectivity index (χ1) is 22.3. The van der Waals surface area contributed by atoms with Crippen LogP contribution in [0.2, 0.25) is 0 Å². The van der Waals surface area contributed by atoms with Gasteiger partial charge in [-0.2, -0.15) is 0 Å². The molecule has 0 saturated heterocycles.